The number of hydrogen-bond donors (Lipinski definition) is 1. The third-order valence-corrected chi connectivity index (χ3v) is 6.64. The Labute approximate surface area is 208 Å². The Morgan fingerprint density at radius 2 is 1.78 bits per heavy atom. The van der Waals surface area contributed by atoms with Crippen LogP contribution in [-0.4, -0.2) is 54.8 Å². The number of hydrogen-bond acceptors (Lipinski definition) is 6. The maximum Gasteiger partial charge on any atom is 0.277 e. The number of benzene rings is 2. The molecule has 1 fully saturated rings. The lowest BCUT2D eigenvalue weighted by Crippen LogP contribution is -2.39. The van der Waals surface area contributed by atoms with Gasteiger partial charge in [-0.3, -0.25) is 14.4 Å². The number of fused-ring (bicyclic) bond motifs is 1. The van der Waals surface area contributed by atoms with Gasteiger partial charge in [-0.1, -0.05) is 6.07 Å². The Bertz CT molecular complexity index is 1360. The van der Waals surface area contributed by atoms with E-state index in [1.54, 1.807) is 53.3 Å². The van der Waals surface area contributed by atoms with E-state index in [-0.39, 0.29) is 23.2 Å². The van der Waals surface area contributed by atoms with Gasteiger partial charge < -0.3 is 25.0 Å². The lowest BCUT2D eigenvalue weighted by atomic mass is 10.0. The molecule has 0 atom stereocenters. The summed E-state index contributed by atoms with van der Waals surface area (Å²) in [6.45, 7) is 0.969. The monoisotopic (exact) mass is 489 g/mol. The van der Waals surface area contributed by atoms with Crippen molar-refractivity contribution in [2.24, 2.45) is 5.73 Å². The molecule has 3 heterocycles. The minimum Gasteiger partial charge on any atom is -0.497 e. The molecule has 1 aromatic heterocycles. The van der Waals surface area contributed by atoms with Crippen LogP contribution in [0.5, 0.6) is 11.5 Å². The average Bonchev–Trinajstić information content (AvgIpc) is 3.30. The predicted molar refractivity (Wildman–Crippen MR) is 133 cm³/mol. The summed E-state index contributed by atoms with van der Waals surface area (Å²) in [7, 11) is 3.08. The van der Waals surface area contributed by atoms with E-state index >= 15 is 0 Å². The lowest BCUT2D eigenvalue weighted by molar-refractivity contribution is -0.119. The molecule has 0 radical (unpaired) electrons. The number of rotatable bonds is 6. The summed E-state index contributed by atoms with van der Waals surface area (Å²) in [6, 6.07) is 12.5. The Morgan fingerprint density at radius 1 is 0.944 bits per heavy atom. The Morgan fingerprint density at radius 3 is 2.50 bits per heavy atom. The van der Waals surface area contributed by atoms with Gasteiger partial charge in [-0.15, -0.1) is 0 Å². The molecule has 0 spiro atoms. The van der Waals surface area contributed by atoms with Crippen LogP contribution in [0.15, 0.2) is 42.5 Å². The van der Waals surface area contributed by atoms with Crippen molar-refractivity contribution in [2.45, 2.75) is 25.7 Å². The van der Waals surface area contributed by atoms with Crippen LogP contribution in [0.25, 0.3) is 5.69 Å². The van der Waals surface area contributed by atoms with Gasteiger partial charge in [-0.2, -0.15) is 5.10 Å². The number of carbonyl (C=O) groups is 3. The van der Waals surface area contributed by atoms with E-state index in [0.717, 1.165) is 18.5 Å². The average molecular weight is 490 g/mol. The Kier molecular flexibility index (Phi) is 6.09. The van der Waals surface area contributed by atoms with Gasteiger partial charge in [0.1, 0.15) is 17.2 Å². The second-order valence-corrected chi connectivity index (χ2v) is 8.72. The van der Waals surface area contributed by atoms with E-state index in [2.05, 4.69) is 5.10 Å². The largest absolute Gasteiger partial charge is 0.497 e. The van der Waals surface area contributed by atoms with Crippen molar-refractivity contribution in [1.82, 2.24) is 9.78 Å². The van der Waals surface area contributed by atoms with Crippen LogP contribution >= 0.6 is 0 Å². The van der Waals surface area contributed by atoms with Crippen molar-refractivity contribution < 1.29 is 23.9 Å². The molecule has 10 heteroatoms. The third-order valence-electron chi connectivity index (χ3n) is 6.64. The van der Waals surface area contributed by atoms with Gasteiger partial charge in [-0.05, 0) is 43.5 Å². The fraction of sp³-hybridized carbons (Fsp3) is 0.308. The predicted octanol–water partition coefficient (Wildman–Crippen LogP) is 2.71. The normalized spacial score (nSPS) is 15.6. The number of methoxy groups -OCH3 is 2. The molecule has 0 saturated carbocycles. The molecule has 0 bridgehead atoms. The molecule has 1 saturated heterocycles. The minimum absolute atomic E-state index is 0.0757. The summed E-state index contributed by atoms with van der Waals surface area (Å²) >= 11 is 0. The number of piperidine rings is 1. The van der Waals surface area contributed by atoms with Crippen molar-refractivity contribution in [1.29, 1.82) is 0 Å². The molecule has 3 amide bonds. The second-order valence-electron chi connectivity index (χ2n) is 8.72. The highest BCUT2D eigenvalue weighted by Gasteiger charge is 2.36. The van der Waals surface area contributed by atoms with Gasteiger partial charge in [0.2, 0.25) is 5.91 Å². The van der Waals surface area contributed by atoms with Crippen molar-refractivity contribution in [3.63, 3.8) is 0 Å². The zero-order valence-electron chi connectivity index (χ0n) is 20.2. The van der Waals surface area contributed by atoms with Crippen LogP contribution in [0.3, 0.4) is 0 Å². The summed E-state index contributed by atoms with van der Waals surface area (Å²) in [6.07, 6.45) is 2.75. The molecule has 10 nitrogen and oxygen atoms in total. The first-order valence-corrected chi connectivity index (χ1v) is 11.8. The van der Waals surface area contributed by atoms with E-state index in [0.29, 0.717) is 54.4 Å². The summed E-state index contributed by atoms with van der Waals surface area (Å²) in [5.41, 5.74) is 8.34. The number of ether oxygens (including phenoxy) is 2. The van der Waals surface area contributed by atoms with Crippen LogP contribution < -0.4 is 25.0 Å². The quantitative estimate of drug-likeness (QED) is 0.569. The number of carbonyl (C=O) groups excluding carboxylic acids is 3. The number of amides is 3. The number of anilines is 2. The van der Waals surface area contributed by atoms with E-state index < -0.39 is 5.91 Å². The first-order chi connectivity index (χ1) is 17.4. The first-order valence-electron chi connectivity index (χ1n) is 11.8. The highest BCUT2D eigenvalue weighted by atomic mass is 16.5. The van der Waals surface area contributed by atoms with Gasteiger partial charge in [0, 0.05) is 42.9 Å². The van der Waals surface area contributed by atoms with Gasteiger partial charge in [-0.25, -0.2) is 4.68 Å². The number of nitrogens with two attached hydrogens (primary N) is 1. The van der Waals surface area contributed by atoms with Crippen molar-refractivity contribution in [3.05, 3.63) is 59.4 Å². The number of aromatic nitrogens is 2. The summed E-state index contributed by atoms with van der Waals surface area (Å²) < 4.78 is 12.4. The zero-order chi connectivity index (χ0) is 25.4. The fourth-order valence-corrected chi connectivity index (χ4v) is 4.85. The summed E-state index contributed by atoms with van der Waals surface area (Å²) in [4.78, 5) is 41.8. The molecule has 0 aliphatic carbocycles. The Hall–Kier alpha value is -4.34. The molecule has 3 aromatic rings. The van der Waals surface area contributed by atoms with Crippen LogP contribution in [-0.2, 0) is 11.2 Å². The first kappa shape index (κ1) is 23.4. The number of nitrogens with zero attached hydrogens (tertiary/aromatic N) is 4. The van der Waals surface area contributed by atoms with E-state index in [1.807, 2.05) is 6.07 Å². The van der Waals surface area contributed by atoms with Gasteiger partial charge in [0.15, 0.2) is 5.69 Å². The molecule has 5 rings (SSSR count). The maximum atomic E-state index is 13.9. The topological polar surface area (TPSA) is 120 Å². The van der Waals surface area contributed by atoms with Gasteiger partial charge in [0.25, 0.3) is 11.8 Å². The van der Waals surface area contributed by atoms with Crippen molar-refractivity contribution >= 4 is 29.1 Å². The zero-order valence-corrected chi connectivity index (χ0v) is 20.2. The minimum atomic E-state index is -0.692. The fourth-order valence-electron chi connectivity index (χ4n) is 4.85. The van der Waals surface area contributed by atoms with E-state index in [4.69, 9.17) is 15.2 Å². The Balaban J connectivity index is 1.56. The molecule has 2 aromatic carbocycles. The van der Waals surface area contributed by atoms with Crippen molar-refractivity contribution in [2.75, 3.05) is 37.1 Å². The maximum absolute atomic E-state index is 13.9. The number of primary amides is 1. The third kappa shape index (κ3) is 3.94. The summed E-state index contributed by atoms with van der Waals surface area (Å²) in [5.74, 6) is 0.115. The smallest absolute Gasteiger partial charge is 0.277 e. The van der Waals surface area contributed by atoms with Crippen LogP contribution in [0.2, 0.25) is 0 Å². The standard InChI is InChI=1S/C26H27N5O5/c1-35-18-7-5-6-17(14-18)31-24-19(23(28-31)25(27)33)11-13-30(26(24)34)20-10-9-16(15-21(20)36-2)29-12-4-3-8-22(29)32/h5-7,9-10,14-15H,3-4,8,11-13H2,1-2H3,(H2,27,33). The van der Waals surface area contributed by atoms with E-state index in [9.17, 15) is 14.4 Å². The molecule has 2 aliphatic rings. The van der Waals surface area contributed by atoms with Gasteiger partial charge >= 0.3 is 0 Å². The van der Waals surface area contributed by atoms with Crippen LogP contribution in [0.1, 0.15) is 45.8 Å². The highest BCUT2D eigenvalue weighted by molar-refractivity contribution is 6.10. The summed E-state index contributed by atoms with van der Waals surface area (Å²) in [5, 5.41) is 4.41. The lowest BCUT2D eigenvalue weighted by Gasteiger charge is -2.31. The van der Waals surface area contributed by atoms with E-state index in [1.165, 1.54) is 11.8 Å². The molecule has 0 unspecified atom stereocenters. The second kappa shape index (κ2) is 9.37. The highest BCUT2D eigenvalue weighted by Crippen LogP contribution is 2.37. The van der Waals surface area contributed by atoms with Gasteiger partial charge in [0.05, 0.1) is 25.6 Å². The molecule has 2 N–H and O–H groups in total. The molecular formula is C26H27N5O5. The van der Waals surface area contributed by atoms with Crippen LogP contribution in [0, 0.1) is 0 Å². The molecule has 2 aliphatic heterocycles. The van der Waals surface area contributed by atoms with Crippen molar-refractivity contribution in [3.8, 4) is 17.2 Å². The molecule has 36 heavy (non-hydrogen) atoms. The molecular weight excluding hydrogens is 462 g/mol. The molecule has 186 valence electrons. The SMILES string of the molecule is COc1cccc(-n2nc(C(N)=O)c3c2C(=O)N(c2ccc(N4CCCCC4=O)cc2OC)CC3)c1. The van der Waals surface area contributed by atoms with Crippen LogP contribution in [0.4, 0.5) is 11.4 Å².